The average Bonchev–Trinajstić information content (AvgIpc) is 3.31. The molecule has 0 radical (unpaired) electrons. The van der Waals surface area contributed by atoms with Crippen LogP contribution in [0.1, 0.15) is 15.9 Å². The summed E-state index contributed by atoms with van der Waals surface area (Å²) in [6, 6.07) is 18.5. The topological polar surface area (TPSA) is 70.1 Å². The highest BCUT2D eigenvalue weighted by atomic mass is 32.1. The second-order valence-corrected chi connectivity index (χ2v) is 8.07. The molecule has 0 spiro atoms. The van der Waals surface area contributed by atoms with Gasteiger partial charge in [-0.15, -0.1) is 0 Å². The van der Waals surface area contributed by atoms with Crippen molar-refractivity contribution in [3.63, 3.8) is 0 Å². The third-order valence-electron chi connectivity index (χ3n) is 5.19. The van der Waals surface area contributed by atoms with Gasteiger partial charge < -0.3 is 18.9 Å². The summed E-state index contributed by atoms with van der Waals surface area (Å²) in [5.41, 5.74) is 2.08. The number of carbonyl (C=O) groups is 1. The molecule has 0 bridgehead atoms. The molecule has 33 heavy (non-hydrogen) atoms. The van der Waals surface area contributed by atoms with Crippen molar-refractivity contribution in [2.45, 2.75) is 6.54 Å². The predicted molar refractivity (Wildman–Crippen MR) is 129 cm³/mol. The van der Waals surface area contributed by atoms with Crippen LogP contribution in [0, 0.1) is 0 Å². The number of ether oxygens (including phenoxy) is 4. The molecule has 8 heteroatoms. The number of benzene rings is 3. The number of aromatic nitrogens is 1. The summed E-state index contributed by atoms with van der Waals surface area (Å²) in [5, 5.41) is 0.538. The van der Waals surface area contributed by atoms with E-state index in [1.165, 1.54) is 11.3 Å². The molecule has 1 aromatic heterocycles. The fourth-order valence-corrected chi connectivity index (χ4v) is 4.58. The van der Waals surface area contributed by atoms with E-state index in [-0.39, 0.29) is 5.91 Å². The van der Waals surface area contributed by atoms with E-state index in [0.717, 1.165) is 10.3 Å². The van der Waals surface area contributed by atoms with E-state index in [4.69, 9.17) is 23.9 Å². The van der Waals surface area contributed by atoms with Gasteiger partial charge >= 0.3 is 0 Å². The van der Waals surface area contributed by atoms with E-state index < -0.39 is 0 Å². The van der Waals surface area contributed by atoms with E-state index in [1.807, 2.05) is 42.5 Å². The first-order valence-corrected chi connectivity index (χ1v) is 11.0. The molecule has 4 aromatic rings. The minimum atomic E-state index is -0.211. The SMILES string of the molecule is COc1ccc(C(=O)N(Cc2ccccc2)c2nc3c(OC)ccc(OC)c3s2)cc1OC. The molecule has 0 aliphatic carbocycles. The first kappa shape index (κ1) is 22.4. The molecule has 1 amide bonds. The highest BCUT2D eigenvalue weighted by Crippen LogP contribution is 2.41. The zero-order valence-electron chi connectivity index (χ0n) is 18.8. The molecule has 0 N–H and O–H groups in total. The summed E-state index contributed by atoms with van der Waals surface area (Å²) in [5.74, 6) is 2.12. The van der Waals surface area contributed by atoms with Crippen LogP contribution in [0.4, 0.5) is 5.13 Å². The second-order valence-electron chi connectivity index (χ2n) is 7.09. The number of methoxy groups -OCH3 is 4. The lowest BCUT2D eigenvalue weighted by molar-refractivity contribution is 0.0984. The van der Waals surface area contributed by atoms with Gasteiger partial charge in [-0.05, 0) is 35.9 Å². The quantitative estimate of drug-likeness (QED) is 0.358. The van der Waals surface area contributed by atoms with Crippen molar-refractivity contribution in [2.75, 3.05) is 33.3 Å². The van der Waals surface area contributed by atoms with E-state index in [2.05, 4.69) is 0 Å². The molecule has 0 saturated carbocycles. The zero-order chi connectivity index (χ0) is 23.4. The molecule has 0 aliphatic rings. The highest BCUT2D eigenvalue weighted by molar-refractivity contribution is 7.22. The Hall–Kier alpha value is -3.78. The zero-order valence-corrected chi connectivity index (χ0v) is 19.6. The summed E-state index contributed by atoms with van der Waals surface area (Å²) in [7, 11) is 6.30. The fourth-order valence-electron chi connectivity index (χ4n) is 3.51. The van der Waals surface area contributed by atoms with E-state index >= 15 is 0 Å². The van der Waals surface area contributed by atoms with Crippen molar-refractivity contribution in [1.29, 1.82) is 0 Å². The lowest BCUT2D eigenvalue weighted by atomic mass is 10.1. The molecule has 1 heterocycles. The van der Waals surface area contributed by atoms with Crippen LogP contribution in [0.2, 0.25) is 0 Å². The number of nitrogens with zero attached hydrogens (tertiary/aromatic N) is 2. The molecule has 3 aromatic carbocycles. The van der Waals surface area contributed by atoms with Gasteiger partial charge in [0, 0.05) is 5.56 Å². The van der Waals surface area contributed by atoms with Crippen LogP contribution >= 0.6 is 11.3 Å². The van der Waals surface area contributed by atoms with Crippen LogP contribution < -0.4 is 23.8 Å². The van der Waals surface area contributed by atoms with Gasteiger partial charge in [0.05, 0.1) is 35.0 Å². The monoisotopic (exact) mass is 464 g/mol. The van der Waals surface area contributed by atoms with Gasteiger partial charge in [-0.2, -0.15) is 0 Å². The Morgan fingerprint density at radius 2 is 1.45 bits per heavy atom. The number of hydrogen-bond donors (Lipinski definition) is 0. The highest BCUT2D eigenvalue weighted by Gasteiger charge is 2.25. The Morgan fingerprint density at radius 3 is 2.12 bits per heavy atom. The van der Waals surface area contributed by atoms with E-state index in [1.54, 1.807) is 51.5 Å². The van der Waals surface area contributed by atoms with Crippen molar-refractivity contribution in [1.82, 2.24) is 4.98 Å². The van der Waals surface area contributed by atoms with Crippen molar-refractivity contribution >= 4 is 32.6 Å². The molecular formula is C25H24N2O5S. The maximum atomic E-state index is 13.7. The second kappa shape index (κ2) is 9.79. The average molecular weight is 465 g/mol. The van der Waals surface area contributed by atoms with Crippen molar-refractivity contribution in [2.24, 2.45) is 0 Å². The molecule has 0 atom stereocenters. The summed E-state index contributed by atoms with van der Waals surface area (Å²) < 4.78 is 22.5. The minimum Gasteiger partial charge on any atom is -0.495 e. The maximum absolute atomic E-state index is 13.7. The van der Waals surface area contributed by atoms with Gasteiger partial charge in [0.2, 0.25) is 0 Å². The van der Waals surface area contributed by atoms with Gasteiger partial charge in [0.1, 0.15) is 21.7 Å². The van der Waals surface area contributed by atoms with E-state index in [9.17, 15) is 4.79 Å². The van der Waals surface area contributed by atoms with Crippen LogP contribution in [-0.2, 0) is 6.54 Å². The number of hydrogen-bond acceptors (Lipinski definition) is 7. The number of anilines is 1. The predicted octanol–water partition coefficient (Wildman–Crippen LogP) is 5.18. The largest absolute Gasteiger partial charge is 0.495 e. The molecule has 0 unspecified atom stereocenters. The Balaban J connectivity index is 1.83. The van der Waals surface area contributed by atoms with Gasteiger partial charge in [0.15, 0.2) is 16.6 Å². The van der Waals surface area contributed by atoms with Crippen molar-refractivity contribution < 1.29 is 23.7 Å². The van der Waals surface area contributed by atoms with Gasteiger partial charge in [-0.25, -0.2) is 4.98 Å². The van der Waals surface area contributed by atoms with Crippen LogP contribution in [0.3, 0.4) is 0 Å². The molecule has 4 rings (SSSR count). The normalized spacial score (nSPS) is 10.7. The Bertz CT molecular complexity index is 1230. The number of carbonyl (C=O) groups excluding carboxylic acids is 1. The molecule has 0 aliphatic heterocycles. The standard InChI is InChI=1S/C25H24N2O5S/c1-29-18-11-10-17(14-21(18)32-4)24(28)27(15-16-8-6-5-7-9-16)25-26-22-19(30-2)12-13-20(31-3)23(22)33-25/h5-14H,15H2,1-4H3. The van der Waals surface area contributed by atoms with Crippen LogP contribution in [0.5, 0.6) is 23.0 Å². The molecule has 0 saturated heterocycles. The van der Waals surface area contributed by atoms with Crippen LogP contribution in [0.25, 0.3) is 10.2 Å². The van der Waals surface area contributed by atoms with Gasteiger partial charge in [-0.1, -0.05) is 41.7 Å². The first-order valence-electron chi connectivity index (χ1n) is 10.2. The molecule has 0 fully saturated rings. The molecule has 170 valence electrons. The third kappa shape index (κ3) is 4.42. The number of fused-ring (bicyclic) bond motifs is 1. The summed E-state index contributed by atoms with van der Waals surface area (Å²) >= 11 is 1.38. The third-order valence-corrected chi connectivity index (χ3v) is 6.28. The summed E-state index contributed by atoms with van der Waals surface area (Å²) in [6.45, 7) is 0.346. The first-order chi connectivity index (χ1) is 16.1. The van der Waals surface area contributed by atoms with Crippen molar-refractivity contribution in [3.05, 3.63) is 71.8 Å². The maximum Gasteiger partial charge on any atom is 0.260 e. The summed E-state index contributed by atoms with van der Waals surface area (Å²) in [4.78, 5) is 20.2. The Morgan fingerprint density at radius 1 is 0.818 bits per heavy atom. The van der Waals surface area contributed by atoms with Crippen LogP contribution in [0.15, 0.2) is 60.7 Å². The lowest BCUT2D eigenvalue weighted by Gasteiger charge is -2.21. The fraction of sp³-hybridized carbons (Fsp3) is 0.200. The van der Waals surface area contributed by atoms with Crippen LogP contribution in [-0.4, -0.2) is 39.3 Å². The smallest absolute Gasteiger partial charge is 0.260 e. The summed E-state index contributed by atoms with van der Waals surface area (Å²) in [6.07, 6.45) is 0. The van der Waals surface area contributed by atoms with Crippen molar-refractivity contribution in [3.8, 4) is 23.0 Å². The Labute approximate surface area is 196 Å². The molecule has 7 nitrogen and oxygen atoms in total. The van der Waals surface area contributed by atoms with Gasteiger partial charge in [-0.3, -0.25) is 9.69 Å². The number of thiazole rings is 1. The van der Waals surface area contributed by atoms with E-state index in [0.29, 0.717) is 45.8 Å². The lowest BCUT2D eigenvalue weighted by Crippen LogP contribution is -2.30. The number of rotatable bonds is 8. The van der Waals surface area contributed by atoms with Gasteiger partial charge in [0.25, 0.3) is 5.91 Å². The Kier molecular flexibility index (Phi) is 6.65. The number of amides is 1. The minimum absolute atomic E-state index is 0.211. The molecular weight excluding hydrogens is 440 g/mol.